The Bertz CT molecular complexity index is 754. The largest absolute Gasteiger partial charge is 0.329 e. The lowest BCUT2D eigenvalue weighted by atomic mass is 9.99. The Morgan fingerprint density at radius 3 is 2.43 bits per heavy atom. The van der Waals surface area contributed by atoms with Crippen LogP contribution in [0.2, 0.25) is 0 Å². The minimum Gasteiger partial charge on any atom is -0.317 e. The van der Waals surface area contributed by atoms with Gasteiger partial charge in [0.15, 0.2) is 0 Å². The van der Waals surface area contributed by atoms with Gasteiger partial charge in [0.25, 0.3) is 0 Å². The first-order valence-electron chi connectivity index (χ1n) is 7.88. The van der Waals surface area contributed by atoms with Crippen molar-refractivity contribution in [2.24, 2.45) is 5.10 Å². The third-order valence-electron chi connectivity index (χ3n) is 3.99. The van der Waals surface area contributed by atoms with Gasteiger partial charge in [0.05, 0.1) is 0 Å². The first-order chi connectivity index (χ1) is 11.2. The first-order valence-corrected chi connectivity index (χ1v) is 7.88. The maximum absolute atomic E-state index is 12.0. The lowest BCUT2D eigenvalue weighted by Gasteiger charge is -2.12. The molecule has 118 valence electrons. The van der Waals surface area contributed by atoms with Gasteiger partial charge in [0.2, 0.25) is 0 Å². The second-order valence-electron chi connectivity index (χ2n) is 5.66. The van der Waals surface area contributed by atoms with Crippen LogP contribution in [0.5, 0.6) is 0 Å². The van der Waals surface area contributed by atoms with E-state index in [9.17, 15) is 9.59 Å². The maximum atomic E-state index is 12.0. The number of rotatable bonds is 2. The molecule has 3 rings (SSSR count). The summed E-state index contributed by atoms with van der Waals surface area (Å²) in [5.41, 5.74) is 3.94. The lowest BCUT2D eigenvalue weighted by molar-refractivity contribution is -0.136. The molecule has 0 saturated heterocycles. The predicted molar refractivity (Wildman–Crippen MR) is 91.2 cm³/mol. The van der Waals surface area contributed by atoms with Crippen LogP contribution in [0.4, 0.5) is 5.69 Å². The summed E-state index contributed by atoms with van der Waals surface area (Å²) in [6, 6.07) is 13.3. The molecule has 1 aliphatic rings. The molecule has 2 aromatic rings. The highest BCUT2D eigenvalue weighted by molar-refractivity contribution is 6.40. The Balaban J connectivity index is 1.67. The molecule has 0 unspecified atom stereocenters. The summed E-state index contributed by atoms with van der Waals surface area (Å²) in [5, 5.41) is 8.62. The molecule has 1 saturated carbocycles. The van der Waals surface area contributed by atoms with E-state index in [0.717, 1.165) is 42.2 Å². The van der Waals surface area contributed by atoms with Gasteiger partial charge in [-0.1, -0.05) is 42.8 Å². The normalized spacial score (nSPS) is 14.3. The van der Waals surface area contributed by atoms with Crippen LogP contribution in [-0.2, 0) is 9.59 Å². The van der Waals surface area contributed by atoms with Gasteiger partial charge in [-0.2, -0.15) is 5.10 Å². The van der Waals surface area contributed by atoms with Crippen LogP contribution in [0.3, 0.4) is 0 Å². The van der Waals surface area contributed by atoms with Crippen molar-refractivity contribution < 1.29 is 9.59 Å². The van der Waals surface area contributed by atoms with E-state index in [-0.39, 0.29) is 0 Å². The lowest BCUT2D eigenvalue weighted by Crippen LogP contribution is -2.33. The summed E-state index contributed by atoms with van der Waals surface area (Å²) in [6.07, 6.45) is 5.18. The van der Waals surface area contributed by atoms with E-state index in [1.54, 1.807) is 6.07 Å². The molecular formula is C18H19N3O2. The van der Waals surface area contributed by atoms with Crippen LogP contribution in [0.25, 0.3) is 10.8 Å². The molecule has 2 aromatic carbocycles. The summed E-state index contributed by atoms with van der Waals surface area (Å²) >= 11 is 0. The van der Waals surface area contributed by atoms with Gasteiger partial charge in [-0.15, -0.1) is 0 Å². The van der Waals surface area contributed by atoms with E-state index in [1.807, 2.05) is 36.4 Å². The van der Waals surface area contributed by atoms with E-state index in [1.165, 1.54) is 6.42 Å². The number of amides is 2. The molecule has 0 bridgehead atoms. The van der Waals surface area contributed by atoms with Gasteiger partial charge in [-0.05, 0) is 37.1 Å². The van der Waals surface area contributed by atoms with E-state index >= 15 is 0 Å². The second kappa shape index (κ2) is 7.05. The maximum Gasteiger partial charge on any atom is 0.329 e. The van der Waals surface area contributed by atoms with Gasteiger partial charge in [-0.3, -0.25) is 9.59 Å². The third kappa shape index (κ3) is 3.74. The molecule has 2 amide bonds. The molecule has 0 radical (unpaired) electrons. The number of nitrogens with zero attached hydrogens (tertiary/aromatic N) is 1. The van der Waals surface area contributed by atoms with Crippen LogP contribution in [0.1, 0.15) is 32.1 Å². The molecule has 0 spiro atoms. The number of hydrogen-bond acceptors (Lipinski definition) is 3. The molecule has 1 aliphatic carbocycles. The Morgan fingerprint density at radius 2 is 1.61 bits per heavy atom. The minimum atomic E-state index is -0.740. The van der Waals surface area contributed by atoms with Crippen LogP contribution in [-0.4, -0.2) is 17.5 Å². The zero-order chi connectivity index (χ0) is 16.1. The molecule has 0 aromatic heterocycles. The SMILES string of the molecule is O=C(NN=C1CCCCC1)C(=O)Nc1cccc2ccccc12. The average molecular weight is 309 g/mol. The molecule has 0 atom stereocenters. The van der Waals surface area contributed by atoms with Crippen molar-refractivity contribution in [2.45, 2.75) is 32.1 Å². The van der Waals surface area contributed by atoms with Gasteiger partial charge >= 0.3 is 11.8 Å². The quantitative estimate of drug-likeness (QED) is 0.660. The van der Waals surface area contributed by atoms with Crippen LogP contribution < -0.4 is 10.7 Å². The fraction of sp³-hybridized carbons (Fsp3) is 0.278. The fourth-order valence-corrected chi connectivity index (χ4v) is 2.77. The van der Waals surface area contributed by atoms with E-state index in [0.29, 0.717) is 5.69 Å². The van der Waals surface area contributed by atoms with E-state index in [2.05, 4.69) is 15.8 Å². The number of nitrogens with one attached hydrogen (secondary N) is 2. The summed E-state index contributed by atoms with van der Waals surface area (Å²) in [7, 11) is 0. The molecule has 0 aliphatic heterocycles. The number of hydrogen-bond donors (Lipinski definition) is 2. The van der Waals surface area contributed by atoms with E-state index < -0.39 is 11.8 Å². The monoisotopic (exact) mass is 309 g/mol. The molecule has 5 heteroatoms. The number of carbonyl (C=O) groups excluding carboxylic acids is 2. The number of benzene rings is 2. The summed E-state index contributed by atoms with van der Waals surface area (Å²) < 4.78 is 0. The van der Waals surface area contributed by atoms with Gasteiger partial charge < -0.3 is 5.32 Å². The molecular weight excluding hydrogens is 290 g/mol. The zero-order valence-corrected chi connectivity index (χ0v) is 12.8. The summed E-state index contributed by atoms with van der Waals surface area (Å²) in [5.74, 6) is -1.45. The Kier molecular flexibility index (Phi) is 4.66. The Morgan fingerprint density at radius 1 is 0.870 bits per heavy atom. The van der Waals surface area contributed by atoms with Gasteiger partial charge in [0.1, 0.15) is 0 Å². The Labute approximate surface area is 134 Å². The van der Waals surface area contributed by atoms with Crippen LogP contribution >= 0.6 is 0 Å². The standard InChI is InChI=1S/C18H19N3O2/c22-17(18(23)21-20-14-9-2-1-3-10-14)19-16-12-6-8-13-7-4-5-11-15(13)16/h4-8,11-12H,1-3,9-10H2,(H,19,22)(H,21,23). The highest BCUT2D eigenvalue weighted by Gasteiger charge is 2.15. The van der Waals surface area contributed by atoms with Gasteiger partial charge in [-0.25, -0.2) is 5.43 Å². The Hall–Kier alpha value is -2.69. The minimum absolute atomic E-state index is 0.619. The molecule has 0 heterocycles. The topological polar surface area (TPSA) is 70.6 Å². The van der Waals surface area contributed by atoms with Crippen molar-refractivity contribution in [2.75, 3.05) is 5.32 Å². The number of anilines is 1. The average Bonchev–Trinajstić information content (AvgIpc) is 2.61. The molecule has 5 nitrogen and oxygen atoms in total. The molecule has 23 heavy (non-hydrogen) atoms. The van der Waals surface area contributed by atoms with Crippen LogP contribution in [0.15, 0.2) is 47.6 Å². The first kappa shape index (κ1) is 15.2. The highest BCUT2D eigenvalue weighted by Crippen LogP contribution is 2.22. The van der Waals surface area contributed by atoms with E-state index in [4.69, 9.17) is 0 Å². The summed E-state index contributed by atoms with van der Waals surface area (Å²) in [4.78, 5) is 23.9. The predicted octanol–water partition coefficient (Wildman–Crippen LogP) is 3.21. The van der Waals surface area contributed by atoms with Crippen molar-refractivity contribution in [3.63, 3.8) is 0 Å². The molecule has 2 N–H and O–H groups in total. The fourth-order valence-electron chi connectivity index (χ4n) is 2.77. The van der Waals surface area contributed by atoms with Gasteiger partial charge in [0, 0.05) is 16.8 Å². The number of carbonyl (C=O) groups is 2. The summed E-state index contributed by atoms with van der Waals surface area (Å²) in [6.45, 7) is 0. The highest BCUT2D eigenvalue weighted by atomic mass is 16.2. The van der Waals surface area contributed by atoms with Crippen molar-refractivity contribution in [3.8, 4) is 0 Å². The number of fused-ring (bicyclic) bond motifs is 1. The zero-order valence-electron chi connectivity index (χ0n) is 12.8. The third-order valence-corrected chi connectivity index (χ3v) is 3.99. The van der Waals surface area contributed by atoms with Crippen LogP contribution in [0, 0.1) is 0 Å². The second-order valence-corrected chi connectivity index (χ2v) is 5.66. The van der Waals surface area contributed by atoms with Crippen molar-refractivity contribution in [1.82, 2.24) is 5.43 Å². The van der Waals surface area contributed by atoms with Crippen molar-refractivity contribution in [3.05, 3.63) is 42.5 Å². The smallest absolute Gasteiger partial charge is 0.317 e. The number of hydrazone groups is 1. The molecule has 1 fully saturated rings. The van der Waals surface area contributed by atoms with Crippen molar-refractivity contribution in [1.29, 1.82) is 0 Å². The van der Waals surface area contributed by atoms with Crippen molar-refractivity contribution >= 4 is 34.0 Å².